The van der Waals surface area contributed by atoms with Crippen LogP contribution in [0.4, 0.5) is 5.82 Å². The van der Waals surface area contributed by atoms with E-state index in [0.717, 1.165) is 24.6 Å². The smallest absolute Gasteiger partial charge is 0.218 e. The van der Waals surface area contributed by atoms with Crippen LogP contribution in [0.15, 0.2) is 35.6 Å². The Morgan fingerprint density at radius 2 is 2.12 bits per heavy atom. The van der Waals surface area contributed by atoms with Crippen molar-refractivity contribution in [2.45, 2.75) is 13.0 Å². The van der Waals surface area contributed by atoms with Crippen LogP contribution in [0.1, 0.15) is 11.5 Å². The molecule has 1 aliphatic heterocycles. The van der Waals surface area contributed by atoms with Gasteiger partial charge in [-0.1, -0.05) is 6.07 Å². The fourth-order valence-electron chi connectivity index (χ4n) is 2.44. The van der Waals surface area contributed by atoms with Crippen molar-refractivity contribution in [2.24, 2.45) is 5.11 Å². The lowest BCUT2D eigenvalue weighted by molar-refractivity contribution is 0.122. The molecule has 0 aromatic carbocycles. The molecule has 3 heterocycles. The number of nitrogens with zero attached hydrogens (tertiary/aromatic N) is 5. The van der Waals surface area contributed by atoms with E-state index < -0.39 is 0 Å². The Bertz CT molecular complexity index is 661. The molecule has 0 aliphatic carbocycles. The Morgan fingerprint density at radius 3 is 2.88 bits per heavy atom. The number of anilines is 1. The first-order chi connectivity index (χ1) is 11.8. The van der Waals surface area contributed by atoms with Gasteiger partial charge < -0.3 is 14.4 Å². The molecule has 0 spiro atoms. The zero-order chi connectivity index (χ0) is 16.6. The van der Waals surface area contributed by atoms with Crippen LogP contribution >= 0.6 is 0 Å². The van der Waals surface area contributed by atoms with Crippen molar-refractivity contribution < 1.29 is 9.47 Å². The number of ether oxygens (including phenoxy) is 2. The van der Waals surface area contributed by atoms with Gasteiger partial charge in [-0.3, -0.25) is 4.98 Å². The average molecular weight is 328 g/mol. The molecular weight excluding hydrogens is 308 g/mol. The van der Waals surface area contributed by atoms with Crippen LogP contribution in [-0.4, -0.2) is 47.9 Å². The lowest BCUT2D eigenvalue weighted by atomic mass is 10.3. The van der Waals surface area contributed by atoms with Crippen LogP contribution in [0.25, 0.3) is 0 Å². The first-order valence-electron chi connectivity index (χ1n) is 7.92. The predicted octanol–water partition coefficient (Wildman–Crippen LogP) is 1.86. The lowest BCUT2D eigenvalue weighted by Gasteiger charge is -2.28. The highest BCUT2D eigenvalue weighted by atomic mass is 16.5. The molecule has 0 saturated carbocycles. The first kappa shape index (κ1) is 16.3. The van der Waals surface area contributed by atoms with Crippen molar-refractivity contribution in [3.8, 4) is 5.88 Å². The second kappa shape index (κ2) is 8.30. The SMILES string of the molecule is N=NCc1nc(OCCc2ccccn2)cc(N2CCOCC2)n1. The summed E-state index contributed by atoms with van der Waals surface area (Å²) in [6, 6.07) is 7.64. The summed E-state index contributed by atoms with van der Waals surface area (Å²) >= 11 is 0. The molecule has 24 heavy (non-hydrogen) atoms. The summed E-state index contributed by atoms with van der Waals surface area (Å²) in [6.07, 6.45) is 2.47. The van der Waals surface area contributed by atoms with Crippen molar-refractivity contribution in [1.82, 2.24) is 15.0 Å². The van der Waals surface area contributed by atoms with Crippen LogP contribution < -0.4 is 9.64 Å². The monoisotopic (exact) mass is 328 g/mol. The topological polar surface area (TPSA) is 96.6 Å². The van der Waals surface area contributed by atoms with Gasteiger partial charge in [0.15, 0.2) is 5.82 Å². The highest BCUT2D eigenvalue weighted by Gasteiger charge is 2.15. The number of nitrogens with one attached hydrogen (secondary N) is 1. The lowest BCUT2D eigenvalue weighted by Crippen LogP contribution is -2.37. The quantitative estimate of drug-likeness (QED) is 0.779. The van der Waals surface area contributed by atoms with E-state index in [1.807, 2.05) is 24.3 Å². The van der Waals surface area contributed by atoms with Crippen LogP contribution in [0.5, 0.6) is 5.88 Å². The molecule has 126 valence electrons. The average Bonchev–Trinajstić information content (AvgIpc) is 2.63. The molecule has 2 aromatic heterocycles. The molecule has 0 radical (unpaired) electrons. The summed E-state index contributed by atoms with van der Waals surface area (Å²) in [4.78, 5) is 15.2. The molecular formula is C16H20N6O2. The van der Waals surface area contributed by atoms with E-state index in [-0.39, 0.29) is 6.54 Å². The molecule has 0 atom stereocenters. The van der Waals surface area contributed by atoms with Gasteiger partial charge in [0.1, 0.15) is 12.4 Å². The number of aromatic nitrogens is 3. The number of hydrogen-bond donors (Lipinski definition) is 1. The number of rotatable bonds is 7. The molecule has 8 nitrogen and oxygen atoms in total. The van der Waals surface area contributed by atoms with Crippen LogP contribution in [0.2, 0.25) is 0 Å². The summed E-state index contributed by atoms with van der Waals surface area (Å²) in [6.45, 7) is 3.54. The van der Waals surface area contributed by atoms with E-state index >= 15 is 0 Å². The molecule has 0 bridgehead atoms. The van der Waals surface area contributed by atoms with Crippen molar-refractivity contribution >= 4 is 5.82 Å². The van der Waals surface area contributed by atoms with E-state index in [2.05, 4.69) is 25.0 Å². The zero-order valence-corrected chi connectivity index (χ0v) is 13.4. The maximum Gasteiger partial charge on any atom is 0.218 e. The van der Waals surface area contributed by atoms with Crippen LogP contribution in [0, 0.1) is 5.53 Å². The summed E-state index contributed by atoms with van der Waals surface area (Å²) in [7, 11) is 0. The second-order valence-corrected chi connectivity index (χ2v) is 5.32. The van der Waals surface area contributed by atoms with Crippen molar-refractivity contribution in [1.29, 1.82) is 5.53 Å². The van der Waals surface area contributed by atoms with E-state index in [1.54, 1.807) is 6.20 Å². The highest BCUT2D eigenvalue weighted by Crippen LogP contribution is 2.19. The first-order valence-corrected chi connectivity index (χ1v) is 7.92. The minimum absolute atomic E-state index is 0.148. The fourth-order valence-corrected chi connectivity index (χ4v) is 2.44. The Morgan fingerprint density at radius 1 is 1.25 bits per heavy atom. The Kier molecular flexibility index (Phi) is 5.62. The third-order valence-electron chi connectivity index (χ3n) is 3.63. The largest absolute Gasteiger partial charge is 0.477 e. The van der Waals surface area contributed by atoms with E-state index in [0.29, 0.717) is 37.9 Å². The molecule has 1 saturated heterocycles. The summed E-state index contributed by atoms with van der Waals surface area (Å²) in [5.41, 5.74) is 8.01. The zero-order valence-electron chi connectivity index (χ0n) is 13.4. The van der Waals surface area contributed by atoms with Gasteiger partial charge in [-0.15, -0.1) is 0 Å². The van der Waals surface area contributed by atoms with E-state index in [9.17, 15) is 0 Å². The molecule has 0 amide bonds. The predicted molar refractivity (Wildman–Crippen MR) is 87.4 cm³/mol. The van der Waals surface area contributed by atoms with Gasteiger partial charge in [0.2, 0.25) is 5.88 Å². The Labute approximate surface area is 140 Å². The number of pyridine rings is 1. The van der Waals surface area contributed by atoms with E-state index in [4.69, 9.17) is 15.0 Å². The number of morpholine rings is 1. The standard InChI is InChI=1S/C16H20N6O2/c17-19-12-14-20-15(22-6-9-23-10-7-22)11-16(21-14)24-8-4-13-3-1-2-5-18-13/h1-3,5,11,17H,4,6-10,12H2. The molecule has 8 heteroatoms. The minimum Gasteiger partial charge on any atom is -0.477 e. The summed E-state index contributed by atoms with van der Waals surface area (Å²) in [5, 5.41) is 3.38. The maximum atomic E-state index is 7.04. The van der Waals surface area contributed by atoms with Gasteiger partial charge in [-0.2, -0.15) is 10.1 Å². The Balaban J connectivity index is 1.68. The third-order valence-corrected chi connectivity index (χ3v) is 3.63. The van der Waals surface area contributed by atoms with Gasteiger partial charge in [0.25, 0.3) is 0 Å². The van der Waals surface area contributed by atoms with Gasteiger partial charge in [0.05, 0.1) is 19.8 Å². The fraction of sp³-hybridized carbons (Fsp3) is 0.438. The van der Waals surface area contributed by atoms with Gasteiger partial charge in [-0.25, -0.2) is 10.5 Å². The molecule has 3 rings (SSSR count). The molecule has 0 unspecified atom stereocenters. The normalized spacial score (nSPS) is 14.4. The van der Waals surface area contributed by atoms with Gasteiger partial charge in [-0.05, 0) is 12.1 Å². The Hall–Kier alpha value is -2.61. The molecule has 1 aliphatic rings. The van der Waals surface area contributed by atoms with E-state index in [1.165, 1.54) is 0 Å². The van der Waals surface area contributed by atoms with Crippen LogP contribution in [0.3, 0.4) is 0 Å². The second-order valence-electron chi connectivity index (χ2n) is 5.32. The molecule has 2 aromatic rings. The summed E-state index contributed by atoms with van der Waals surface area (Å²) < 4.78 is 11.1. The number of hydrogen-bond acceptors (Lipinski definition) is 8. The van der Waals surface area contributed by atoms with Crippen molar-refractivity contribution in [3.63, 3.8) is 0 Å². The van der Waals surface area contributed by atoms with Crippen molar-refractivity contribution in [2.75, 3.05) is 37.8 Å². The minimum atomic E-state index is 0.148. The molecule has 1 N–H and O–H groups in total. The molecule has 1 fully saturated rings. The van der Waals surface area contributed by atoms with Crippen molar-refractivity contribution in [3.05, 3.63) is 42.0 Å². The van der Waals surface area contributed by atoms with Gasteiger partial charge >= 0.3 is 0 Å². The summed E-state index contributed by atoms with van der Waals surface area (Å²) in [5.74, 6) is 1.78. The highest BCUT2D eigenvalue weighted by molar-refractivity contribution is 5.42. The maximum absolute atomic E-state index is 7.04. The van der Waals surface area contributed by atoms with Crippen LogP contribution in [-0.2, 0) is 17.7 Å². The van der Waals surface area contributed by atoms with Gasteiger partial charge in [0, 0.05) is 37.5 Å². The third kappa shape index (κ3) is 4.45.